The Hall–Kier alpha value is -3.86. The van der Waals surface area contributed by atoms with Crippen LogP contribution in [0.4, 0.5) is 23.5 Å². The van der Waals surface area contributed by atoms with Gasteiger partial charge in [0.25, 0.3) is 0 Å². The number of hydrogen-bond acceptors (Lipinski definition) is 10. The third-order valence-corrected chi connectivity index (χ3v) is 5.44. The molecule has 0 aliphatic carbocycles. The van der Waals surface area contributed by atoms with Gasteiger partial charge in [-0.2, -0.15) is 20.1 Å². The highest BCUT2D eigenvalue weighted by molar-refractivity contribution is 6.34. The molecule has 3 N–H and O–H groups in total. The highest BCUT2D eigenvalue weighted by Gasteiger charge is 2.17. The van der Waals surface area contributed by atoms with E-state index in [9.17, 15) is 5.11 Å². The first-order valence-electron chi connectivity index (χ1n) is 11.2. The van der Waals surface area contributed by atoms with Crippen molar-refractivity contribution in [2.75, 3.05) is 48.6 Å². The van der Waals surface area contributed by atoms with Crippen LogP contribution in [0.2, 0.25) is 0 Å². The smallest absolute Gasteiger partial charge is 0.250 e. The lowest BCUT2D eigenvalue weighted by molar-refractivity contribution is 0.122. The Labute approximate surface area is 199 Å². The summed E-state index contributed by atoms with van der Waals surface area (Å²) in [6.07, 6.45) is 1.54. The molecule has 11 heteroatoms. The molecule has 0 unspecified atom stereocenters. The molecule has 4 rings (SSSR count). The molecule has 0 bridgehead atoms. The van der Waals surface area contributed by atoms with Gasteiger partial charge in [0.05, 0.1) is 26.0 Å². The lowest BCUT2D eigenvalue weighted by Crippen LogP contribution is -2.37. The maximum atomic E-state index is 10.6. The van der Waals surface area contributed by atoms with Gasteiger partial charge >= 0.3 is 0 Å². The largest absolute Gasteiger partial charge is 0.504 e. The number of rotatable bonds is 8. The first-order valence-corrected chi connectivity index (χ1v) is 11.2. The van der Waals surface area contributed by atoms with Crippen LogP contribution in [-0.4, -0.2) is 67.0 Å². The summed E-state index contributed by atoms with van der Waals surface area (Å²) in [5, 5.41) is 18.1. The van der Waals surface area contributed by atoms with Gasteiger partial charge in [-0.15, -0.1) is 0 Å². The van der Waals surface area contributed by atoms with Gasteiger partial charge < -0.3 is 24.8 Å². The van der Waals surface area contributed by atoms with Crippen molar-refractivity contribution < 1.29 is 14.6 Å². The van der Waals surface area contributed by atoms with Crippen LogP contribution in [0.3, 0.4) is 0 Å². The number of anilines is 4. The van der Waals surface area contributed by atoms with Crippen LogP contribution in [0.15, 0.2) is 41.5 Å². The fourth-order valence-electron chi connectivity index (χ4n) is 3.50. The summed E-state index contributed by atoms with van der Waals surface area (Å²) in [6, 6.07) is 11.5. The number of hydrogen-bond donors (Lipinski definition) is 3. The maximum Gasteiger partial charge on any atom is 0.250 e. The fraction of sp³-hybridized carbons (Fsp3) is 0.304. The topological polar surface area (TPSA) is 117 Å². The molecule has 2 aromatic carbocycles. The predicted molar refractivity (Wildman–Crippen MR) is 136 cm³/mol. The van der Waals surface area contributed by atoms with Gasteiger partial charge in [-0.3, -0.25) is 0 Å². The van der Waals surface area contributed by atoms with Crippen LogP contribution >= 0.6 is 0 Å². The van der Waals surface area contributed by atoms with Gasteiger partial charge in [-0.1, -0.05) is 23.7 Å². The Bertz CT molecular complexity index is 1160. The number of hydrazone groups is 1. The van der Waals surface area contributed by atoms with Crippen molar-refractivity contribution in [2.45, 2.75) is 13.8 Å². The zero-order chi connectivity index (χ0) is 23.9. The lowest BCUT2D eigenvalue weighted by Gasteiger charge is -2.27. The molecular formula is C23H28BN7O3. The van der Waals surface area contributed by atoms with E-state index in [1.54, 1.807) is 6.21 Å². The van der Waals surface area contributed by atoms with Crippen molar-refractivity contribution in [1.82, 2.24) is 15.0 Å². The zero-order valence-electron chi connectivity index (χ0n) is 19.6. The number of morpholine rings is 1. The van der Waals surface area contributed by atoms with Crippen LogP contribution in [0.5, 0.6) is 11.5 Å². The molecule has 0 radical (unpaired) electrons. The molecule has 1 aliphatic heterocycles. The van der Waals surface area contributed by atoms with E-state index in [2.05, 4.69) is 30.8 Å². The summed E-state index contributed by atoms with van der Waals surface area (Å²) in [5.41, 5.74) is 6.21. The lowest BCUT2D eigenvalue weighted by atomic mass is 9.88. The molecule has 0 saturated carbocycles. The second-order valence-electron chi connectivity index (χ2n) is 7.75. The third-order valence-electron chi connectivity index (χ3n) is 5.44. The quantitative estimate of drug-likeness (QED) is 0.261. The normalized spacial score (nSPS) is 13.8. The van der Waals surface area contributed by atoms with Crippen LogP contribution in [0.1, 0.15) is 18.1 Å². The summed E-state index contributed by atoms with van der Waals surface area (Å²) < 4.78 is 11.0. The highest BCUT2D eigenvalue weighted by Crippen LogP contribution is 2.30. The van der Waals surface area contributed by atoms with E-state index in [4.69, 9.17) is 9.47 Å². The van der Waals surface area contributed by atoms with Gasteiger partial charge in [0.2, 0.25) is 17.8 Å². The molecule has 0 atom stereocenters. The van der Waals surface area contributed by atoms with Crippen molar-refractivity contribution in [3.63, 3.8) is 0 Å². The van der Waals surface area contributed by atoms with Crippen molar-refractivity contribution in [2.24, 2.45) is 5.10 Å². The first-order chi connectivity index (χ1) is 16.5. The number of aromatic hydroxyl groups is 1. The number of phenols is 1. The minimum atomic E-state index is 0.0478. The van der Waals surface area contributed by atoms with Crippen molar-refractivity contribution in [3.8, 4) is 11.5 Å². The predicted octanol–water partition coefficient (Wildman–Crippen LogP) is 1.57. The van der Waals surface area contributed by atoms with E-state index >= 15 is 0 Å². The molecule has 10 nitrogen and oxygen atoms in total. The molecule has 1 saturated heterocycles. The van der Waals surface area contributed by atoms with Gasteiger partial charge in [0.15, 0.2) is 11.5 Å². The molecule has 176 valence electrons. The monoisotopic (exact) mass is 461 g/mol. The fourth-order valence-corrected chi connectivity index (χ4v) is 3.50. The summed E-state index contributed by atoms with van der Waals surface area (Å²) in [6.45, 7) is 6.86. The Morgan fingerprint density at radius 1 is 1.18 bits per heavy atom. The maximum absolute atomic E-state index is 10.6. The molecule has 2 heterocycles. The number of nitrogens with zero attached hydrogens (tertiary/aromatic N) is 5. The number of phenolic OH excluding ortho intramolecular Hbond substituents is 1. The summed E-state index contributed by atoms with van der Waals surface area (Å²) in [4.78, 5) is 15.6. The summed E-state index contributed by atoms with van der Waals surface area (Å²) in [7, 11) is 1.96. The second-order valence-corrected chi connectivity index (χ2v) is 7.75. The minimum absolute atomic E-state index is 0.0478. The Kier molecular flexibility index (Phi) is 7.43. The molecule has 0 spiro atoms. The molecule has 1 aromatic heterocycles. The van der Waals surface area contributed by atoms with Gasteiger partial charge in [-0.05, 0) is 37.6 Å². The van der Waals surface area contributed by atoms with Crippen molar-refractivity contribution in [3.05, 3.63) is 47.5 Å². The average Bonchev–Trinajstić information content (AvgIpc) is 2.86. The Balaban J connectivity index is 1.61. The number of nitrogens with one attached hydrogen (secondary N) is 2. The Morgan fingerprint density at radius 2 is 1.91 bits per heavy atom. The van der Waals surface area contributed by atoms with Crippen LogP contribution in [0, 0.1) is 6.92 Å². The number of para-hydroxylation sites is 1. The molecule has 3 aromatic rings. The summed E-state index contributed by atoms with van der Waals surface area (Å²) >= 11 is 0. The van der Waals surface area contributed by atoms with Crippen molar-refractivity contribution >= 4 is 43.1 Å². The number of ether oxygens (including phenoxy) is 2. The van der Waals surface area contributed by atoms with Gasteiger partial charge in [0.1, 0.15) is 7.85 Å². The van der Waals surface area contributed by atoms with Gasteiger partial charge in [0, 0.05) is 24.3 Å². The van der Waals surface area contributed by atoms with E-state index in [0.717, 1.165) is 16.7 Å². The standard InChI is InChI=1S/C23H28BN7O3/c1-3-34-19-13-18(24)15(2)17(20(19)32)14-25-30-22-27-21(26-16-7-5-4-6-8-16)28-23(29-22)31-9-11-33-12-10-31/h4-8,13-14,32H,3,9-12,24H2,1-2H3,(H2,26,27,28,29,30)/b25-14+. The average molecular weight is 461 g/mol. The van der Waals surface area contributed by atoms with Crippen molar-refractivity contribution in [1.29, 1.82) is 0 Å². The molecular weight excluding hydrogens is 433 g/mol. The molecule has 0 amide bonds. The number of aromatic nitrogens is 3. The van der Waals surface area contributed by atoms with E-state index in [1.165, 1.54) is 0 Å². The zero-order valence-corrected chi connectivity index (χ0v) is 19.6. The van der Waals surface area contributed by atoms with Crippen LogP contribution < -0.4 is 25.8 Å². The van der Waals surface area contributed by atoms with Crippen LogP contribution in [-0.2, 0) is 4.74 Å². The minimum Gasteiger partial charge on any atom is -0.504 e. The molecule has 1 aliphatic rings. The Morgan fingerprint density at radius 3 is 2.65 bits per heavy atom. The molecule has 1 fully saturated rings. The van der Waals surface area contributed by atoms with Crippen LogP contribution in [0.25, 0.3) is 0 Å². The SMILES string of the molecule is Bc1cc(OCC)c(O)c(/C=N/Nc2nc(Nc3ccccc3)nc(N3CCOCC3)n2)c1C. The van der Waals surface area contributed by atoms with E-state index in [1.807, 2.05) is 63.0 Å². The first kappa shape index (κ1) is 23.3. The summed E-state index contributed by atoms with van der Waals surface area (Å²) in [5.74, 6) is 1.68. The van der Waals surface area contributed by atoms with E-state index in [-0.39, 0.29) is 11.7 Å². The highest BCUT2D eigenvalue weighted by atomic mass is 16.5. The van der Waals surface area contributed by atoms with Gasteiger partial charge in [-0.25, -0.2) is 5.43 Å². The van der Waals surface area contributed by atoms with E-state index in [0.29, 0.717) is 56.1 Å². The van der Waals surface area contributed by atoms with E-state index < -0.39 is 0 Å². The number of benzene rings is 2. The second kappa shape index (κ2) is 10.8. The molecule has 34 heavy (non-hydrogen) atoms. The third kappa shape index (κ3) is 5.55.